The number of nitrogens with zero attached hydrogens (tertiary/aromatic N) is 4. The molecule has 2 aliphatic rings. The van der Waals surface area contributed by atoms with Crippen LogP contribution in [0.4, 0.5) is 16.2 Å². The van der Waals surface area contributed by atoms with Crippen molar-refractivity contribution >= 4 is 46.5 Å². The number of halogens is 2. The predicted molar refractivity (Wildman–Crippen MR) is 123 cm³/mol. The van der Waals surface area contributed by atoms with Gasteiger partial charge in [0.2, 0.25) is 5.91 Å². The first kappa shape index (κ1) is 21.6. The van der Waals surface area contributed by atoms with Gasteiger partial charge in [0.25, 0.3) is 0 Å². The number of hydrogen-bond acceptors (Lipinski definition) is 4. The first-order chi connectivity index (χ1) is 15.0. The number of anilines is 2. The van der Waals surface area contributed by atoms with Crippen LogP contribution in [0.5, 0.6) is 5.75 Å². The molecule has 2 heterocycles. The van der Waals surface area contributed by atoms with Crippen molar-refractivity contribution in [1.29, 1.82) is 0 Å². The summed E-state index contributed by atoms with van der Waals surface area (Å²) in [7, 11) is 1.58. The SMILES string of the molecule is COc1ccccc1N1CCN(CC(=O)N2CCN(c3cccc(Cl)c3Cl)CC2)C1=O. The molecule has 31 heavy (non-hydrogen) atoms. The maximum absolute atomic E-state index is 12.9. The number of amides is 3. The lowest BCUT2D eigenvalue weighted by atomic mass is 10.2. The summed E-state index contributed by atoms with van der Waals surface area (Å²) in [5.74, 6) is 0.590. The number of urea groups is 1. The summed E-state index contributed by atoms with van der Waals surface area (Å²) in [6.07, 6.45) is 0. The quantitative estimate of drug-likeness (QED) is 0.680. The van der Waals surface area contributed by atoms with E-state index in [-0.39, 0.29) is 18.5 Å². The first-order valence-corrected chi connectivity index (χ1v) is 10.9. The zero-order valence-corrected chi connectivity index (χ0v) is 18.8. The monoisotopic (exact) mass is 462 g/mol. The van der Waals surface area contributed by atoms with E-state index in [1.54, 1.807) is 27.9 Å². The van der Waals surface area contributed by atoms with E-state index in [1.165, 1.54) is 0 Å². The van der Waals surface area contributed by atoms with Crippen LogP contribution >= 0.6 is 23.2 Å². The minimum Gasteiger partial charge on any atom is -0.495 e. The van der Waals surface area contributed by atoms with Crippen LogP contribution in [-0.2, 0) is 4.79 Å². The molecule has 0 bridgehead atoms. The number of carbonyl (C=O) groups excluding carboxylic acids is 2. The molecule has 2 aromatic carbocycles. The van der Waals surface area contributed by atoms with Gasteiger partial charge in [0.15, 0.2) is 0 Å². The fourth-order valence-electron chi connectivity index (χ4n) is 4.00. The lowest BCUT2D eigenvalue weighted by Crippen LogP contribution is -2.51. The van der Waals surface area contributed by atoms with Crippen molar-refractivity contribution in [2.24, 2.45) is 0 Å². The Morgan fingerprint density at radius 1 is 0.935 bits per heavy atom. The van der Waals surface area contributed by atoms with Crippen LogP contribution in [0, 0.1) is 0 Å². The smallest absolute Gasteiger partial charge is 0.325 e. The van der Waals surface area contributed by atoms with Crippen molar-refractivity contribution < 1.29 is 14.3 Å². The molecule has 2 saturated heterocycles. The molecule has 2 aromatic rings. The molecule has 7 nitrogen and oxygen atoms in total. The van der Waals surface area contributed by atoms with Crippen molar-refractivity contribution in [3.05, 3.63) is 52.5 Å². The van der Waals surface area contributed by atoms with Crippen LogP contribution in [-0.4, -0.2) is 74.7 Å². The Bertz CT molecular complexity index is 979. The molecule has 0 radical (unpaired) electrons. The third kappa shape index (κ3) is 4.38. The molecule has 164 valence electrons. The zero-order chi connectivity index (χ0) is 22.0. The maximum Gasteiger partial charge on any atom is 0.325 e. The highest BCUT2D eigenvalue weighted by molar-refractivity contribution is 6.43. The van der Waals surface area contributed by atoms with Gasteiger partial charge in [0.05, 0.1) is 28.5 Å². The number of methoxy groups -OCH3 is 1. The van der Waals surface area contributed by atoms with Gasteiger partial charge in [0.1, 0.15) is 12.3 Å². The predicted octanol–water partition coefficient (Wildman–Crippen LogP) is 3.59. The van der Waals surface area contributed by atoms with E-state index < -0.39 is 0 Å². The highest BCUT2D eigenvalue weighted by atomic mass is 35.5. The van der Waals surface area contributed by atoms with Crippen molar-refractivity contribution in [3.8, 4) is 5.75 Å². The number of piperazine rings is 1. The average Bonchev–Trinajstić information content (AvgIpc) is 3.15. The minimum atomic E-state index is -0.179. The molecule has 9 heteroatoms. The van der Waals surface area contributed by atoms with Gasteiger partial charge in [-0.2, -0.15) is 0 Å². The number of hydrogen-bond donors (Lipinski definition) is 0. The summed E-state index contributed by atoms with van der Waals surface area (Å²) >= 11 is 12.5. The third-order valence-electron chi connectivity index (χ3n) is 5.70. The van der Waals surface area contributed by atoms with Crippen LogP contribution in [0.2, 0.25) is 10.0 Å². The van der Waals surface area contributed by atoms with Gasteiger partial charge in [0, 0.05) is 39.3 Å². The largest absolute Gasteiger partial charge is 0.495 e. The Morgan fingerprint density at radius 2 is 1.65 bits per heavy atom. The molecular weight excluding hydrogens is 439 g/mol. The number of para-hydroxylation sites is 2. The Balaban J connectivity index is 1.34. The van der Waals surface area contributed by atoms with Gasteiger partial charge in [-0.25, -0.2) is 4.79 Å². The van der Waals surface area contributed by atoms with E-state index in [1.807, 2.05) is 36.4 Å². The number of carbonyl (C=O) groups is 2. The highest BCUT2D eigenvalue weighted by Crippen LogP contribution is 2.33. The second kappa shape index (κ2) is 9.24. The molecule has 2 aliphatic heterocycles. The molecule has 0 atom stereocenters. The molecule has 4 rings (SSSR count). The lowest BCUT2D eigenvalue weighted by molar-refractivity contribution is -0.131. The Hall–Kier alpha value is -2.64. The summed E-state index contributed by atoms with van der Waals surface area (Å²) < 4.78 is 5.37. The molecule has 0 aliphatic carbocycles. The van der Waals surface area contributed by atoms with E-state index in [9.17, 15) is 9.59 Å². The van der Waals surface area contributed by atoms with Crippen LogP contribution in [0.3, 0.4) is 0 Å². The Kier molecular flexibility index (Phi) is 6.43. The fraction of sp³-hybridized carbons (Fsp3) is 0.364. The van der Waals surface area contributed by atoms with E-state index in [0.717, 1.165) is 11.4 Å². The Morgan fingerprint density at radius 3 is 2.39 bits per heavy atom. The van der Waals surface area contributed by atoms with Crippen molar-refractivity contribution in [3.63, 3.8) is 0 Å². The summed E-state index contributed by atoms with van der Waals surface area (Å²) in [5, 5.41) is 1.05. The van der Waals surface area contributed by atoms with Crippen LogP contribution in [0.1, 0.15) is 0 Å². The van der Waals surface area contributed by atoms with Crippen LogP contribution in [0.25, 0.3) is 0 Å². The first-order valence-electron chi connectivity index (χ1n) is 10.2. The summed E-state index contributed by atoms with van der Waals surface area (Å²) in [6.45, 7) is 3.55. The van der Waals surface area contributed by atoms with E-state index in [4.69, 9.17) is 27.9 Å². The molecule has 0 spiro atoms. The van der Waals surface area contributed by atoms with Crippen molar-refractivity contribution in [2.75, 3.05) is 62.7 Å². The van der Waals surface area contributed by atoms with Gasteiger partial charge < -0.3 is 19.4 Å². The number of rotatable bonds is 5. The molecule has 3 amide bonds. The fourth-order valence-corrected chi connectivity index (χ4v) is 4.42. The highest BCUT2D eigenvalue weighted by Gasteiger charge is 2.34. The van der Waals surface area contributed by atoms with Crippen molar-refractivity contribution in [2.45, 2.75) is 0 Å². The second-order valence-electron chi connectivity index (χ2n) is 7.47. The molecule has 0 aromatic heterocycles. The average molecular weight is 463 g/mol. The van der Waals surface area contributed by atoms with E-state index in [0.29, 0.717) is 55.1 Å². The van der Waals surface area contributed by atoms with Crippen LogP contribution < -0.4 is 14.5 Å². The molecule has 0 N–H and O–H groups in total. The van der Waals surface area contributed by atoms with Crippen molar-refractivity contribution in [1.82, 2.24) is 9.80 Å². The van der Waals surface area contributed by atoms with E-state index in [2.05, 4.69) is 4.90 Å². The van der Waals surface area contributed by atoms with Gasteiger partial charge in [-0.3, -0.25) is 9.69 Å². The van der Waals surface area contributed by atoms with Gasteiger partial charge in [-0.15, -0.1) is 0 Å². The summed E-state index contributed by atoms with van der Waals surface area (Å²) in [4.78, 5) is 32.9. The summed E-state index contributed by atoms with van der Waals surface area (Å²) in [5.41, 5.74) is 1.60. The zero-order valence-electron chi connectivity index (χ0n) is 17.3. The minimum absolute atomic E-state index is 0.0490. The third-order valence-corrected chi connectivity index (χ3v) is 6.51. The van der Waals surface area contributed by atoms with Gasteiger partial charge in [-0.05, 0) is 24.3 Å². The number of ether oxygens (including phenoxy) is 1. The number of benzene rings is 2. The second-order valence-corrected chi connectivity index (χ2v) is 8.25. The molecule has 0 unspecified atom stereocenters. The standard InChI is InChI=1S/C22H24Cl2N4O3/c1-31-19-8-3-2-6-17(19)28-14-13-27(22(28)30)15-20(29)26-11-9-25(10-12-26)18-7-4-5-16(23)21(18)24/h2-8H,9-15H2,1H3. The molecule has 0 saturated carbocycles. The maximum atomic E-state index is 12.9. The summed E-state index contributed by atoms with van der Waals surface area (Å²) in [6, 6.07) is 12.8. The van der Waals surface area contributed by atoms with Gasteiger partial charge in [-0.1, -0.05) is 41.4 Å². The normalized spacial score (nSPS) is 16.8. The topological polar surface area (TPSA) is 56.3 Å². The molecule has 2 fully saturated rings. The molecular formula is C22H24Cl2N4O3. The van der Waals surface area contributed by atoms with E-state index >= 15 is 0 Å². The van der Waals surface area contributed by atoms with Crippen LogP contribution in [0.15, 0.2) is 42.5 Å². The Labute approximate surface area is 191 Å². The van der Waals surface area contributed by atoms with Gasteiger partial charge >= 0.3 is 6.03 Å². The lowest BCUT2D eigenvalue weighted by Gasteiger charge is -2.37.